The Kier molecular flexibility index (Phi) is 3.08. The van der Waals surface area contributed by atoms with Crippen molar-refractivity contribution in [2.24, 2.45) is 0 Å². The molecule has 2 aromatic heterocycles. The van der Waals surface area contributed by atoms with E-state index in [1.54, 1.807) is 11.5 Å². The van der Waals surface area contributed by atoms with E-state index in [2.05, 4.69) is 20.6 Å². The van der Waals surface area contributed by atoms with Crippen molar-refractivity contribution < 1.29 is 0 Å². The topological polar surface area (TPSA) is 62.5 Å². The molecule has 0 spiro atoms. The highest BCUT2D eigenvalue weighted by molar-refractivity contribution is 7.13. The van der Waals surface area contributed by atoms with Crippen molar-refractivity contribution in [3.05, 3.63) is 26.7 Å². The first-order valence-electron chi connectivity index (χ1n) is 4.54. The molecule has 0 radical (unpaired) electrons. The van der Waals surface area contributed by atoms with Gasteiger partial charge in [-0.3, -0.25) is 0 Å². The summed E-state index contributed by atoms with van der Waals surface area (Å²) in [5, 5.41) is 15.5. The number of thiazole rings is 1. The molecule has 0 atom stereocenters. The van der Waals surface area contributed by atoms with Gasteiger partial charge in [0.05, 0.1) is 17.0 Å². The molecule has 0 saturated carbocycles. The molecule has 2 rings (SSSR count). The summed E-state index contributed by atoms with van der Waals surface area (Å²) in [4.78, 5) is 5.48. The minimum absolute atomic E-state index is 0.536. The maximum atomic E-state index is 9.08. The highest BCUT2D eigenvalue weighted by atomic mass is 32.1. The molecule has 0 unspecified atom stereocenters. The Labute approximate surface area is 101 Å². The molecule has 0 aliphatic rings. The van der Waals surface area contributed by atoms with Gasteiger partial charge in [-0.05, 0) is 31.5 Å². The molecule has 0 bridgehead atoms. The maximum absolute atomic E-state index is 9.08. The van der Waals surface area contributed by atoms with Gasteiger partial charge in [-0.2, -0.15) is 5.26 Å². The Morgan fingerprint density at radius 1 is 1.50 bits per heavy atom. The van der Waals surface area contributed by atoms with Crippen molar-refractivity contribution in [1.29, 1.82) is 5.26 Å². The maximum Gasteiger partial charge on any atom is 0.134 e. The van der Waals surface area contributed by atoms with Crippen molar-refractivity contribution in [1.82, 2.24) is 14.6 Å². The van der Waals surface area contributed by atoms with Crippen LogP contribution in [0.25, 0.3) is 11.6 Å². The predicted molar refractivity (Wildman–Crippen MR) is 65.0 cm³/mol. The average molecular weight is 248 g/mol. The van der Waals surface area contributed by atoms with Gasteiger partial charge in [0.1, 0.15) is 11.1 Å². The molecule has 80 valence electrons. The second-order valence-corrected chi connectivity index (χ2v) is 4.97. The summed E-state index contributed by atoms with van der Waals surface area (Å²) in [5.74, 6) is 0. The average Bonchev–Trinajstić information content (AvgIpc) is 2.86. The number of nitriles is 1. The molecule has 0 amide bonds. The number of nitrogens with zero attached hydrogens (tertiary/aromatic N) is 4. The van der Waals surface area contributed by atoms with Crippen LogP contribution in [0.1, 0.15) is 21.3 Å². The van der Waals surface area contributed by atoms with Gasteiger partial charge in [-0.1, -0.05) is 4.49 Å². The van der Waals surface area contributed by atoms with Gasteiger partial charge in [0, 0.05) is 10.3 Å². The van der Waals surface area contributed by atoms with Crippen LogP contribution in [0.15, 0.2) is 5.38 Å². The molecule has 0 N–H and O–H groups in total. The third-order valence-electron chi connectivity index (χ3n) is 2.05. The molecule has 0 aliphatic carbocycles. The molecule has 16 heavy (non-hydrogen) atoms. The fraction of sp³-hybridized carbons (Fsp3) is 0.200. The van der Waals surface area contributed by atoms with Gasteiger partial charge in [-0.25, -0.2) is 4.98 Å². The number of hydrogen-bond donors (Lipinski definition) is 0. The lowest BCUT2D eigenvalue weighted by atomic mass is 10.2. The summed E-state index contributed by atoms with van der Waals surface area (Å²) in [6, 6.07) is 2.14. The van der Waals surface area contributed by atoms with E-state index in [0.29, 0.717) is 11.3 Å². The van der Waals surface area contributed by atoms with Crippen LogP contribution in [-0.4, -0.2) is 14.6 Å². The van der Waals surface area contributed by atoms with Crippen LogP contribution in [0, 0.1) is 25.2 Å². The molecule has 2 heterocycles. The highest BCUT2D eigenvalue weighted by Crippen LogP contribution is 2.24. The fourth-order valence-electron chi connectivity index (χ4n) is 1.11. The zero-order valence-corrected chi connectivity index (χ0v) is 10.4. The lowest BCUT2D eigenvalue weighted by molar-refractivity contribution is 1.14. The SMILES string of the molecule is Cc1nc(/C(C#N)=C\c2csnn2)sc1C. The lowest BCUT2D eigenvalue weighted by Gasteiger charge is -1.89. The first-order valence-corrected chi connectivity index (χ1v) is 6.19. The zero-order valence-electron chi connectivity index (χ0n) is 8.76. The molecule has 0 saturated heterocycles. The monoisotopic (exact) mass is 248 g/mol. The summed E-state index contributed by atoms with van der Waals surface area (Å²) < 4.78 is 3.75. The normalized spacial score (nSPS) is 11.4. The van der Waals surface area contributed by atoms with Crippen molar-refractivity contribution in [3.8, 4) is 6.07 Å². The summed E-state index contributed by atoms with van der Waals surface area (Å²) >= 11 is 2.79. The van der Waals surface area contributed by atoms with Crippen LogP contribution in [0.5, 0.6) is 0 Å². The van der Waals surface area contributed by atoms with Crippen LogP contribution in [-0.2, 0) is 0 Å². The molecule has 6 heteroatoms. The Balaban J connectivity index is 2.41. The lowest BCUT2D eigenvalue weighted by Crippen LogP contribution is -1.81. The van der Waals surface area contributed by atoms with Crippen LogP contribution >= 0.6 is 22.9 Å². The second kappa shape index (κ2) is 4.51. The van der Waals surface area contributed by atoms with Crippen molar-refractivity contribution in [3.63, 3.8) is 0 Å². The minimum Gasteiger partial charge on any atom is -0.240 e. The Morgan fingerprint density at radius 2 is 2.31 bits per heavy atom. The van der Waals surface area contributed by atoms with E-state index in [1.165, 1.54) is 22.9 Å². The number of rotatable bonds is 2. The van der Waals surface area contributed by atoms with Crippen molar-refractivity contribution in [2.45, 2.75) is 13.8 Å². The van der Waals surface area contributed by atoms with E-state index >= 15 is 0 Å². The van der Waals surface area contributed by atoms with Gasteiger partial charge < -0.3 is 0 Å². The van der Waals surface area contributed by atoms with Gasteiger partial charge in [-0.15, -0.1) is 16.4 Å². The van der Waals surface area contributed by atoms with Gasteiger partial charge in [0.15, 0.2) is 0 Å². The standard InChI is InChI=1S/C10H8N4S2/c1-6-7(2)16-10(12-6)8(4-11)3-9-5-15-14-13-9/h3,5H,1-2H3/b8-3-. The first-order chi connectivity index (χ1) is 7.70. The van der Waals surface area contributed by atoms with Gasteiger partial charge in [0.2, 0.25) is 0 Å². The quantitative estimate of drug-likeness (QED) is 0.766. The number of hydrogen-bond acceptors (Lipinski definition) is 6. The molecule has 4 nitrogen and oxygen atoms in total. The first kappa shape index (κ1) is 10.9. The molecule has 0 aliphatic heterocycles. The largest absolute Gasteiger partial charge is 0.240 e. The van der Waals surface area contributed by atoms with E-state index in [0.717, 1.165) is 15.6 Å². The molecule has 0 fully saturated rings. The van der Waals surface area contributed by atoms with E-state index < -0.39 is 0 Å². The van der Waals surface area contributed by atoms with Crippen molar-refractivity contribution >= 4 is 34.5 Å². The molecular formula is C10H8N4S2. The minimum atomic E-state index is 0.536. The van der Waals surface area contributed by atoms with E-state index in [1.807, 2.05) is 13.8 Å². The van der Waals surface area contributed by atoms with E-state index in [-0.39, 0.29) is 0 Å². The third-order valence-corrected chi connectivity index (χ3v) is 3.68. The Bertz CT molecular complexity index is 541. The van der Waals surface area contributed by atoms with Crippen LogP contribution in [0.4, 0.5) is 0 Å². The Hall–Kier alpha value is -1.58. The van der Waals surface area contributed by atoms with Crippen LogP contribution in [0.3, 0.4) is 0 Å². The Morgan fingerprint density at radius 3 is 2.81 bits per heavy atom. The predicted octanol–water partition coefficient (Wildman–Crippen LogP) is 2.68. The second-order valence-electron chi connectivity index (χ2n) is 3.16. The van der Waals surface area contributed by atoms with Crippen LogP contribution in [0.2, 0.25) is 0 Å². The van der Waals surface area contributed by atoms with Crippen LogP contribution < -0.4 is 0 Å². The van der Waals surface area contributed by atoms with Gasteiger partial charge in [0.25, 0.3) is 0 Å². The fourth-order valence-corrected chi connectivity index (χ4v) is 2.40. The zero-order chi connectivity index (χ0) is 11.5. The highest BCUT2D eigenvalue weighted by Gasteiger charge is 2.09. The summed E-state index contributed by atoms with van der Waals surface area (Å²) in [7, 11) is 0. The number of aryl methyl sites for hydroxylation is 2. The number of allylic oxidation sites excluding steroid dienone is 1. The van der Waals surface area contributed by atoms with E-state index in [4.69, 9.17) is 5.26 Å². The smallest absolute Gasteiger partial charge is 0.134 e. The van der Waals surface area contributed by atoms with E-state index in [9.17, 15) is 0 Å². The summed E-state index contributed by atoms with van der Waals surface area (Å²) in [5.41, 5.74) is 2.21. The third kappa shape index (κ3) is 2.15. The molecule has 2 aromatic rings. The summed E-state index contributed by atoms with van der Waals surface area (Å²) in [6.45, 7) is 3.94. The van der Waals surface area contributed by atoms with Crippen molar-refractivity contribution in [2.75, 3.05) is 0 Å². The number of aromatic nitrogens is 3. The molecule has 0 aromatic carbocycles. The summed E-state index contributed by atoms with van der Waals surface area (Å²) in [6.07, 6.45) is 1.71. The van der Waals surface area contributed by atoms with Gasteiger partial charge >= 0.3 is 0 Å². The molecular weight excluding hydrogens is 240 g/mol.